The molecule has 9 heteroatoms. The van der Waals surface area contributed by atoms with E-state index < -0.39 is 23.9 Å². The fraction of sp³-hybridized carbons (Fsp3) is 0.560. The molecule has 1 atom stereocenters. The van der Waals surface area contributed by atoms with E-state index in [9.17, 15) is 18.8 Å². The Hall–Kier alpha value is -2.94. The molecule has 2 fully saturated rings. The van der Waals surface area contributed by atoms with Gasteiger partial charge in [-0.1, -0.05) is 31.0 Å². The lowest BCUT2D eigenvalue weighted by Crippen LogP contribution is -2.53. The Labute approximate surface area is 199 Å². The summed E-state index contributed by atoms with van der Waals surface area (Å²) in [6.07, 6.45) is 4.20. The molecule has 184 valence electrons. The van der Waals surface area contributed by atoms with Crippen LogP contribution < -0.4 is 5.32 Å². The normalized spacial score (nSPS) is 22.2. The van der Waals surface area contributed by atoms with Crippen LogP contribution in [-0.4, -0.2) is 79.0 Å². The van der Waals surface area contributed by atoms with Crippen molar-refractivity contribution >= 4 is 17.9 Å². The number of esters is 1. The molecule has 1 aromatic rings. The van der Waals surface area contributed by atoms with E-state index in [2.05, 4.69) is 10.2 Å². The van der Waals surface area contributed by atoms with Crippen LogP contribution in [0, 0.1) is 11.7 Å². The van der Waals surface area contributed by atoms with Gasteiger partial charge in [0.2, 0.25) is 5.91 Å². The molecule has 8 nitrogen and oxygen atoms in total. The molecular formula is C25H33FN4O4. The van der Waals surface area contributed by atoms with Gasteiger partial charge in [0.25, 0.3) is 0 Å². The van der Waals surface area contributed by atoms with E-state index in [0.717, 1.165) is 25.7 Å². The second-order valence-corrected chi connectivity index (χ2v) is 9.13. The van der Waals surface area contributed by atoms with Crippen molar-refractivity contribution in [3.63, 3.8) is 0 Å². The predicted molar refractivity (Wildman–Crippen MR) is 124 cm³/mol. The highest BCUT2D eigenvalue weighted by atomic mass is 19.1. The van der Waals surface area contributed by atoms with Crippen LogP contribution in [0.4, 0.5) is 9.18 Å². The Morgan fingerprint density at radius 2 is 1.79 bits per heavy atom. The minimum atomic E-state index is -0.941. The fourth-order valence-corrected chi connectivity index (χ4v) is 5.11. The van der Waals surface area contributed by atoms with Crippen molar-refractivity contribution in [2.24, 2.45) is 5.92 Å². The van der Waals surface area contributed by atoms with Gasteiger partial charge in [-0.2, -0.15) is 0 Å². The standard InChI is InChI=1S/C25H33FN4O4/c1-3-34-24(32)21-20(28(2)25(33)27-22(21)18-10-6-7-11-19(18)26)16-29-12-14-30(15-13-29)23(31)17-8-4-5-9-17/h6-7,10-11,17,22H,3-5,8-9,12-16H2,1-2H3,(H,27,33). The summed E-state index contributed by atoms with van der Waals surface area (Å²) in [4.78, 5) is 44.1. The van der Waals surface area contributed by atoms with E-state index in [1.807, 2.05) is 4.90 Å². The number of likely N-dealkylation sites (N-methyl/N-ethyl adjacent to an activating group) is 1. The predicted octanol–water partition coefficient (Wildman–Crippen LogP) is 2.67. The number of carbonyl (C=O) groups excluding carboxylic acids is 3. The number of hydrogen-bond acceptors (Lipinski definition) is 5. The number of nitrogens with one attached hydrogen (secondary N) is 1. The molecule has 0 aromatic heterocycles. The molecule has 0 spiro atoms. The molecule has 3 aliphatic rings. The summed E-state index contributed by atoms with van der Waals surface area (Å²) >= 11 is 0. The van der Waals surface area contributed by atoms with Crippen molar-refractivity contribution in [2.45, 2.75) is 38.6 Å². The minimum absolute atomic E-state index is 0.152. The zero-order valence-electron chi connectivity index (χ0n) is 19.9. The molecule has 1 N–H and O–H groups in total. The van der Waals surface area contributed by atoms with Crippen LogP contribution in [0.5, 0.6) is 0 Å². The molecule has 1 unspecified atom stereocenters. The third kappa shape index (κ3) is 4.94. The quantitative estimate of drug-likeness (QED) is 0.644. The van der Waals surface area contributed by atoms with E-state index in [0.29, 0.717) is 38.4 Å². The molecule has 3 amide bonds. The fourth-order valence-electron chi connectivity index (χ4n) is 5.11. The molecule has 2 aliphatic heterocycles. The third-order valence-electron chi connectivity index (χ3n) is 7.05. The van der Waals surface area contributed by atoms with Crippen LogP contribution in [0.3, 0.4) is 0 Å². The maximum absolute atomic E-state index is 14.7. The van der Waals surface area contributed by atoms with Crippen LogP contribution in [0.1, 0.15) is 44.2 Å². The van der Waals surface area contributed by atoms with Gasteiger partial charge in [0.1, 0.15) is 5.82 Å². The second kappa shape index (κ2) is 10.5. The van der Waals surface area contributed by atoms with Crippen LogP contribution in [0.2, 0.25) is 0 Å². The number of rotatable bonds is 6. The Bertz CT molecular complexity index is 967. The van der Waals surface area contributed by atoms with Crippen molar-refractivity contribution in [1.29, 1.82) is 0 Å². The SMILES string of the molecule is CCOC(=O)C1=C(CN2CCN(C(=O)C3CCCC3)CC2)N(C)C(=O)NC1c1ccccc1F. The van der Waals surface area contributed by atoms with Gasteiger partial charge in [-0.3, -0.25) is 14.6 Å². The third-order valence-corrected chi connectivity index (χ3v) is 7.05. The van der Waals surface area contributed by atoms with Crippen LogP contribution in [-0.2, 0) is 14.3 Å². The van der Waals surface area contributed by atoms with Crippen molar-refractivity contribution in [1.82, 2.24) is 20.0 Å². The number of amides is 3. The average Bonchev–Trinajstić information content (AvgIpc) is 3.37. The second-order valence-electron chi connectivity index (χ2n) is 9.13. The average molecular weight is 473 g/mol. The summed E-state index contributed by atoms with van der Waals surface area (Å²) in [6.45, 7) is 4.71. The molecule has 1 saturated carbocycles. The Kier molecular flexibility index (Phi) is 7.50. The number of benzene rings is 1. The number of carbonyl (C=O) groups is 3. The van der Waals surface area contributed by atoms with Gasteiger partial charge >= 0.3 is 12.0 Å². The lowest BCUT2D eigenvalue weighted by molar-refractivity contribution is -0.139. The largest absolute Gasteiger partial charge is 0.463 e. The van der Waals surface area contributed by atoms with Gasteiger partial charge in [-0.15, -0.1) is 0 Å². The molecule has 1 aromatic carbocycles. The summed E-state index contributed by atoms with van der Waals surface area (Å²) < 4.78 is 20.0. The van der Waals surface area contributed by atoms with E-state index in [4.69, 9.17) is 4.74 Å². The van der Waals surface area contributed by atoms with E-state index >= 15 is 0 Å². The van der Waals surface area contributed by atoms with Gasteiger partial charge < -0.3 is 15.0 Å². The van der Waals surface area contributed by atoms with Crippen molar-refractivity contribution < 1.29 is 23.5 Å². The van der Waals surface area contributed by atoms with Crippen LogP contribution in [0.15, 0.2) is 35.5 Å². The number of ether oxygens (including phenoxy) is 1. The van der Waals surface area contributed by atoms with Crippen LogP contribution in [0.25, 0.3) is 0 Å². The minimum Gasteiger partial charge on any atom is -0.463 e. The van der Waals surface area contributed by atoms with Gasteiger partial charge in [-0.05, 0) is 25.8 Å². The molecule has 4 rings (SSSR count). The van der Waals surface area contributed by atoms with Crippen molar-refractivity contribution in [3.05, 3.63) is 46.9 Å². The molecule has 1 aliphatic carbocycles. The first-order valence-corrected chi connectivity index (χ1v) is 12.1. The monoisotopic (exact) mass is 472 g/mol. The van der Waals surface area contributed by atoms with E-state index in [1.54, 1.807) is 32.2 Å². The first-order valence-electron chi connectivity index (χ1n) is 12.1. The van der Waals surface area contributed by atoms with Gasteiger partial charge in [0.05, 0.1) is 18.2 Å². The summed E-state index contributed by atoms with van der Waals surface area (Å²) in [5, 5.41) is 2.75. The zero-order valence-corrected chi connectivity index (χ0v) is 19.9. The van der Waals surface area contributed by atoms with Crippen molar-refractivity contribution in [3.8, 4) is 0 Å². The highest BCUT2D eigenvalue weighted by molar-refractivity contribution is 5.95. The van der Waals surface area contributed by atoms with E-state index in [1.165, 1.54) is 11.0 Å². The van der Waals surface area contributed by atoms with Gasteiger partial charge in [0, 0.05) is 56.9 Å². The summed E-state index contributed by atoms with van der Waals surface area (Å²) in [7, 11) is 1.60. The topological polar surface area (TPSA) is 82.2 Å². The molecular weight excluding hydrogens is 439 g/mol. The van der Waals surface area contributed by atoms with E-state index in [-0.39, 0.29) is 29.6 Å². The maximum Gasteiger partial charge on any atom is 0.338 e. The number of nitrogens with zero attached hydrogens (tertiary/aromatic N) is 3. The smallest absolute Gasteiger partial charge is 0.338 e. The molecule has 1 saturated heterocycles. The maximum atomic E-state index is 14.7. The number of piperazine rings is 1. The summed E-state index contributed by atoms with van der Waals surface area (Å²) in [6, 6.07) is 4.76. The number of halogens is 1. The Morgan fingerprint density at radius 3 is 2.44 bits per heavy atom. The number of hydrogen-bond donors (Lipinski definition) is 1. The zero-order chi connectivity index (χ0) is 24.2. The van der Waals surface area contributed by atoms with Gasteiger partial charge in [0.15, 0.2) is 0 Å². The molecule has 0 radical (unpaired) electrons. The molecule has 0 bridgehead atoms. The van der Waals surface area contributed by atoms with Crippen LogP contribution >= 0.6 is 0 Å². The molecule has 34 heavy (non-hydrogen) atoms. The van der Waals surface area contributed by atoms with Crippen molar-refractivity contribution in [2.75, 3.05) is 46.4 Å². The first kappa shape index (κ1) is 24.2. The van der Waals surface area contributed by atoms with Gasteiger partial charge in [-0.25, -0.2) is 14.0 Å². The highest BCUT2D eigenvalue weighted by Gasteiger charge is 2.39. The summed E-state index contributed by atoms with van der Waals surface area (Å²) in [5.74, 6) is -0.679. The lowest BCUT2D eigenvalue weighted by atomic mass is 9.94. The number of urea groups is 1. The Morgan fingerprint density at radius 1 is 1.12 bits per heavy atom. The first-order chi connectivity index (χ1) is 16.4. The highest BCUT2D eigenvalue weighted by Crippen LogP contribution is 2.33. The molecule has 2 heterocycles. The Balaban J connectivity index is 1.57. The lowest BCUT2D eigenvalue weighted by Gasteiger charge is -2.40. The summed E-state index contributed by atoms with van der Waals surface area (Å²) in [5.41, 5.74) is 0.945.